The first-order valence-electron chi connectivity index (χ1n) is 4.60. The Hall–Kier alpha value is -1.66. The summed E-state index contributed by atoms with van der Waals surface area (Å²) < 4.78 is 40.4. The molecule has 0 amide bonds. The van der Waals surface area contributed by atoms with Crippen LogP contribution in [-0.2, 0) is 0 Å². The van der Waals surface area contributed by atoms with Crippen molar-refractivity contribution in [2.75, 3.05) is 18.1 Å². The molecule has 90 valence electrons. The van der Waals surface area contributed by atoms with Crippen molar-refractivity contribution in [1.29, 1.82) is 0 Å². The topological polar surface area (TPSA) is 74.2 Å². The Morgan fingerprint density at radius 1 is 1.25 bits per heavy atom. The number of hydrogen-bond acceptors (Lipinski definition) is 4. The van der Waals surface area contributed by atoms with E-state index in [9.17, 15) is 13.2 Å². The van der Waals surface area contributed by atoms with E-state index in [1.54, 1.807) is 0 Å². The zero-order valence-corrected chi connectivity index (χ0v) is 8.42. The Kier molecular flexibility index (Phi) is 3.81. The van der Waals surface area contributed by atoms with Crippen LogP contribution in [0.15, 0.2) is 12.1 Å². The predicted octanol–water partition coefficient (Wildman–Crippen LogP) is 1.97. The Morgan fingerprint density at radius 2 is 1.94 bits per heavy atom. The molecule has 1 heterocycles. The van der Waals surface area contributed by atoms with Crippen LogP contribution < -0.4 is 16.2 Å². The highest BCUT2D eigenvalue weighted by Gasteiger charge is 2.26. The normalized spacial score (nSPS) is 11.4. The molecule has 0 radical (unpaired) electrons. The predicted molar refractivity (Wildman–Crippen MR) is 53.8 cm³/mol. The van der Waals surface area contributed by atoms with Gasteiger partial charge in [-0.25, -0.2) is 0 Å². The summed E-state index contributed by atoms with van der Waals surface area (Å²) in [4.78, 5) is 3.76. The minimum absolute atomic E-state index is 0.0597. The van der Waals surface area contributed by atoms with E-state index in [2.05, 4.69) is 4.98 Å². The zero-order chi connectivity index (χ0) is 12.2. The number of aromatic nitrogens is 1. The number of halogens is 3. The number of nitrogen functional groups attached to an aromatic ring is 2. The van der Waals surface area contributed by atoms with Gasteiger partial charge in [-0.05, 0) is 12.5 Å². The number of nitrogens with two attached hydrogens (primary N) is 2. The molecule has 16 heavy (non-hydrogen) atoms. The molecule has 0 fully saturated rings. The van der Waals surface area contributed by atoms with Gasteiger partial charge in [-0.2, -0.15) is 18.2 Å². The molecule has 0 unspecified atom stereocenters. The van der Waals surface area contributed by atoms with Crippen LogP contribution >= 0.6 is 0 Å². The second-order valence-corrected chi connectivity index (χ2v) is 3.19. The quantitative estimate of drug-likeness (QED) is 0.782. The largest absolute Gasteiger partial charge is 0.478 e. The summed E-state index contributed by atoms with van der Waals surface area (Å²) in [6.45, 7) is -0.0597. The standard InChI is InChI=1S/C9H12F3N3O/c10-9(11,12)4-1-5-16-7-3-2-6(13)8(14)15-7/h2-3H,1,4-5,13H2,(H2,14,15). The summed E-state index contributed by atoms with van der Waals surface area (Å²) in [5.41, 5.74) is 11.1. The third kappa shape index (κ3) is 4.24. The lowest BCUT2D eigenvalue weighted by atomic mass is 10.3. The number of ether oxygens (including phenoxy) is 1. The number of anilines is 2. The number of alkyl halides is 3. The Balaban J connectivity index is 2.35. The molecule has 0 aliphatic carbocycles. The highest BCUT2D eigenvalue weighted by atomic mass is 19.4. The molecule has 0 aromatic carbocycles. The van der Waals surface area contributed by atoms with Crippen LogP contribution in [0.4, 0.5) is 24.7 Å². The van der Waals surface area contributed by atoms with Crippen LogP contribution in [0, 0.1) is 0 Å². The van der Waals surface area contributed by atoms with Crippen LogP contribution in [0.2, 0.25) is 0 Å². The maximum absolute atomic E-state index is 11.8. The van der Waals surface area contributed by atoms with Crippen LogP contribution in [0.5, 0.6) is 5.88 Å². The number of nitrogens with zero attached hydrogens (tertiary/aromatic N) is 1. The van der Waals surface area contributed by atoms with Crippen molar-refractivity contribution in [3.05, 3.63) is 12.1 Å². The van der Waals surface area contributed by atoms with E-state index >= 15 is 0 Å². The molecule has 0 aliphatic heterocycles. The highest BCUT2D eigenvalue weighted by Crippen LogP contribution is 2.22. The second-order valence-electron chi connectivity index (χ2n) is 3.19. The van der Waals surface area contributed by atoms with E-state index in [0.29, 0.717) is 5.69 Å². The van der Waals surface area contributed by atoms with Gasteiger partial charge in [0.05, 0.1) is 12.3 Å². The second kappa shape index (κ2) is 4.91. The van der Waals surface area contributed by atoms with E-state index < -0.39 is 12.6 Å². The molecule has 0 bridgehead atoms. The molecule has 0 aliphatic rings. The van der Waals surface area contributed by atoms with Gasteiger partial charge >= 0.3 is 6.18 Å². The molecule has 0 saturated carbocycles. The lowest BCUT2D eigenvalue weighted by molar-refractivity contribution is -0.136. The van der Waals surface area contributed by atoms with Crippen molar-refractivity contribution >= 4 is 11.5 Å². The van der Waals surface area contributed by atoms with Crippen LogP contribution in [0.3, 0.4) is 0 Å². The summed E-state index contributed by atoms with van der Waals surface area (Å²) in [6.07, 6.45) is -5.15. The maximum Gasteiger partial charge on any atom is 0.389 e. The van der Waals surface area contributed by atoms with Crippen molar-refractivity contribution < 1.29 is 17.9 Å². The fraction of sp³-hybridized carbons (Fsp3) is 0.444. The van der Waals surface area contributed by atoms with Gasteiger partial charge in [0, 0.05) is 12.5 Å². The number of rotatable bonds is 4. The Labute approximate surface area is 90.4 Å². The summed E-state index contributed by atoms with van der Waals surface area (Å²) in [5.74, 6) is 0.280. The molecule has 0 saturated heterocycles. The van der Waals surface area contributed by atoms with Gasteiger partial charge < -0.3 is 16.2 Å². The molecule has 0 atom stereocenters. The van der Waals surface area contributed by atoms with Crippen molar-refractivity contribution in [2.24, 2.45) is 0 Å². The molecule has 4 nitrogen and oxygen atoms in total. The van der Waals surface area contributed by atoms with E-state index in [1.807, 2.05) is 0 Å². The highest BCUT2D eigenvalue weighted by molar-refractivity contribution is 5.58. The van der Waals surface area contributed by atoms with Crippen molar-refractivity contribution in [1.82, 2.24) is 4.98 Å². The molecule has 0 spiro atoms. The average Bonchev–Trinajstić information content (AvgIpc) is 2.17. The molecule has 4 N–H and O–H groups in total. The van der Waals surface area contributed by atoms with Crippen molar-refractivity contribution in [2.45, 2.75) is 19.0 Å². The van der Waals surface area contributed by atoms with Gasteiger partial charge in [0.1, 0.15) is 0 Å². The molecular formula is C9H12F3N3O. The smallest absolute Gasteiger partial charge is 0.389 e. The summed E-state index contributed by atoms with van der Waals surface area (Å²) in [7, 11) is 0. The Morgan fingerprint density at radius 3 is 2.50 bits per heavy atom. The van der Waals surface area contributed by atoms with Crippen molar-refractivity contribution in [3.63, 3.8) is 0 Å². The lowest BCUT2D eigenvalue weighted by Gasteiger charge is -2.08. The van der Waals surface area contributed by atoms with E-state index in [-0.39, 0.29) is 24.7 Å². The van der Waals surface area contributed by atoms with Gasteiger partial charge in [-0.1, -0.05) is 0 Å². The van der Waals surface area contributed by atoms with E-state index in [4.69, 9.17) is 16.2 Å². The van der Waals surface area contributed by atoms with Gasteiger partial charge in [0.25, 0.3) is 0 Å². The lowest BCUT2D eigenvalue weighted by Crippen LogP contribution is -2.10. The van der Waals surface area contributed by atoms with Crippen molar-refractivity contribution in [3.8, 4) is 5.88 Å². The Bertz CT molecular complexity index is 354. The molecule has 1 aromatic heterocycles. The third-order valence-corrected chi connectivity index (χ3v) is 1.79. The minimum atomic E-state index is -4.16. The first-order valence-corrected chi connectivity index (χ1v) is 4.60. The zero-order valence-electron chi connectivity index (χ0n) is 8.42. The summed E-state index contributed by atoms with van der Waals surface area (Å²) >= 11 is 0. The van der Waals surface area contributed by atoms with Crippen LogP contribution in [0.25, 0.3) is 0 Å². The molecule has 1 aromatic rings. The van der Waals surface area contributed by atoms with Gasteiger partial charge in [0.2, 0.25) is 5.88 Å². The van der Waals surface area contributed by atoms with Crippen LogP contribution in [0.1, 0.15) is 12.8 Å². The SMILES string of the molecule is Nc1ccc(OCCCC(F)(F)F)nc1N. The number of hydrogen-bond donors (Lipinski definition) is 2. The average molecular weight is 235 g/mol. The van der Waals surface area contributed by atoms with Gasteiger partial charge in [-0.3, -0.25) is 0 Å². The minimum Gasteiger partial charge on any atom is -0.478 e. The summed E-state index contributed by atoms with van der Waals surface area (Å²) in [5, 5.41) is 0. The monoisotopic (exact) mass is 235 g/mol. The molecule has 7 heteroatoms. The fourth-order valence-corrected chi connectivity index (χ4v) is 0.997. The third-order valence-electron chi connectivity index (χ3n) is 1.79. The first-order chi connectivity index (χ1) is 7.38. The van der Waals surface area contributed by atoms with E-state index in [1.165, 1.54) is 12.1 Å². The maximum atomic E-state index is 11.8. The van der Waals surface area contributed by atoms with Gasteiger partial charge in [0.15, 0.2) is 5.82 Å². The van der Waals surface area contributed by atoms with Gasteiger partial charge in [-0.15, -0.1) is 0 Å². The molecular weight excluding hydrogens is 223 g/mol. The molecule has 1 rings (SSSR count). The van der Waals surface area contributed by atoms with E-state index in [0.717, 1.165) is 0 Å². The van der Waals surface area contributed by atoms with Crippen LogP contribution in [-0.4, -0.2) is 17.8 Å². The number of pyridine rings is 1. The fourth-order valence-electron chi connectivity index (χ4n) is 0.997. The first kappa shape index (κ1) is 12.4. The summed E-state index contributed by atoms with van der Waals surface area (Å²) in [6, 6.07) is 2.95.